The molecule has 2 rings (SSSR count). The number of rotatable bonds is 2. The molecule has 7 heteroatoms. The van der Waals surface area contributed by atoms with Crippen LogP contribution in [0, 0.1) is 6.92 Å². The molecule has 0 aliphatic carbocycles. The second-order valence-corrected chi connectivity index (χ2v) is 4.62. The van der Waals surface area contributed by atoms with Gasteiger partial charge in [-0.3, -0.25) is 4.68 Å². The number of nitrogens with zero attached hydrogens (tertiary/aromatic N) is 4. The normalized spacial score (nSPS) is 15.7. The third-order valence-electron chi connectivity index (χ3n) is 3.34. The molecule has 7 nitrogen and oxygen atoms in total. The lowest BCUT2D eigenvalue weighted by atomic mass is 10.3. The molecule has 1 aliphatic heterocycles. The molecule has 1 fully saturated rings. The molecular weight excluding hydrogens is 246 g/mol. The number of carbonyl (C=O) groups is 1. The highest BCUT2D eigenvalue weighted by Gasteiger charge is 2.25. The van der Waals surface area contributed by atoms with Crippen molar-refractivity contribution in [2.24, 2.45) is 7.05 Å². The summed E-state index contributed by atoms with van der Waals surface area (Å²) in [5, 5.41) is 4.31. The van der Waals surface area contributed by atoms with Gasteiger partial charge in [-0.15, -0.1) is 0 Å². The maximum absolute atomic E-state index is 11.6. The van der Waals surface area contributed by atoms with Gasteiger partial charge >= 0.3 is 6.09 Å². The Morgan fingerprint density at radius 1 is 1.37 bits per heavy atom. The highest BCUT2D eigenvalue weighted by molar-refractivity contribution is 5.69. The molecule has 0 unspecified atom stereocenters. The highest BCUT2D eigenvalue weighted by Crippen LogP contribution is 2.26. The molecule has 2 N–H and O–H groups in total. The Hall–Kier alpha value is -1.92. The molecule has 1 aromatic rings. The third kappa shape index (κ3) is 2.59. The van der Waals surface area contributed by atoms with Gasteiger partial charge in [0, 0.05) is 33.2 Å². The Labute approximate surface area is 112 Å². The number of nitrogens with two attached hydrogens (primary N) is 1. The Kier molecular flexibility index (Phi) is 3.82. The molecule has 0 radical (unpaired) electrons. The molecular formula is C12H21N5O2. The quantitative estimate of drug-likeness (QED) is 0.848. The molecule has 0 bridgehead atoms. The van der Waals surface area contributed by atoms with Gasteiger partial charge in [0.15, 0.2) is 5.82 Å². The largest absolute Gasteiger partial charge is 0.450 e. The van der Waals surface area contributed by atoms with E-state index in [2.05, 4.69) is 10.00 Å². The molecule has 1 saturated heterocycles. The summed E-state index contributed by atoms with van der Waals surface area (Å²) in [5.74, 6) is 0.931. The fraction of sp³-hybridized carbons (Fsp3) is 0.667. The summed E-state index contributed by atoms with van der Waals surface area (Å²) in [6.45, 7) is 6.88. The molecule has 0 atom stereocenters. The van der Waals surface area contributed by atoms with Crippen molar-refractivity contribution in [1.29, 1.82) is 0 Å². The Morgan fingerprint density at radius 2 is 2.00 bits per heavy atom. The van der Waals surface area contributed by atoms with E-state index in [0.717, 1.165) is 24.6 Å². The molecule has 106 valence electrons. The van der Waals surface area contributed by atoms with Gasteiger partial charge in [0.05, 0.1) is 18.0 Å². The number of aryl methyl sites for hydroxylation is 2. The standard InChI is InChI=1S/C12H21N5O2/c1-4-19-12(18)17-7-5-16(6-8-17)11-10(13)9(2)14-15(11)3/h4-8,13H2,1-3H3. The lowest BCUT2D eigenvalue weighted by Gasteiger charge is -2.35. The van der Waals surface area contributed by atoms with Crippen LogP contribution in [0.25, 0.3) is 0 Å². The number of hydrogen-bond donors (Lipinski definition) is 1. The fourth-order valence-electron chi connectivity index (χ4n) is 2.35. The second-order valence-electron chi connectivity index (χ2n) is 4.62. The van der Waals surface area contributed by atoms with Gasteiger partial charge in [0.1, 0.15) is 0 Å². The Balaban J connectivity index is 2.02. The van der Waals surface area contributed by atoms with Crippen LogP contribution in [0.2, 0.25) is 0 Å². The van der Waals surface area contributed by atoms with Crippen molar-refractivity contribution in [1.82, 2.24) is 14.7 Å². The first-order chi connectivity index (χ1) is 9.04. The van der Waals surface area contributed by atoms with Crippen LogP contribution < -0.4 is 10.6 Å². The number of anilines is 2. The SMILES string of the molecule is CCOC(=O)N1CCN(c2c(N)c(C)nn2C)CC1. The van der Waals surface area contributed by atoms with Gasteiger partial charge in [0.25, 0.3) is 0 Å². The minimum Gasteiger partial charge on any atom is -0.450 e. The average Bonchev–Trinajstić information content (AvgIpc) is 2.64. The van der Waals surface area contributed by atoms with Crippen molar-refractivity contribution in [3.05, 3.63) is 5.69 Å². The van der Waals surface area contributed by atoms with Crippen LogP contribution in [0.1, 0.15) is 12.6 Å². The smallest absolute Gasteiger partial charge is 0.409 e. The van der Waals surface area contributed by atoms with Crippen LogP contribution in [0.5, 0.6) is 0 Å². The summed E-state index contributed by atoms with van der Waals surface area (Å²) in [6, 6.07) is 0. The number of hydrogen-bond acceptors (Lipinski definition) is 5. The van der Waals surface area contributed by atoms with Crippen molar-refractivity contribution in [2.75, 3.05) is 43.4 Å². The summed E-state index contributed by atoms with van der Waals surface area (Å²) in [5.41, 5.74) is 7.60. The van der Waals surface area contributed by atoms with Crippen molar-refractivity contribution in [2.45, 2.75) is 13.8 Å². The molecule has 1 aromatic heterocycles. The third-order valence-corrected chi connectivity index (χ3v) is 3.34. The molecule has 0 saturated carbocycles. The monoisotopic (exact) mass is 267 g/mol. The van der Waals surface area contributed by atoms with Crippen molar-refractivity contribution in [3.8, 4) is 0 Å². The van der Waals surface area contributed by atoms with E-state index in [1.165, 1.54) is 0 Å². The van der Waals surface area contributed by atoms with Crippen LogP contribution in [0.15, 0.2) is 0 Å². The van der Waals surface area contributed by atoms with Gasteiger partial charge < -0.3 is 20.3 Å². The van der Waals surface area contributed by atoms with E-state index < -0.39 is 0 Å². The molecule has 1 aliphatic rings. The fourth-order valence-corrected chi connectivity index (χ4v) is 2.35. The van der Waals surface area contributed by atoms with Gasteiger partial charge in [-0.05, 0) is 13.8 Å². The molecule has 19 heavy (non-hydrogen) atoms. The number of piperazine rings is 1. The Bertz CT molecular complexity index is 463. The minimum atomic E-state index is -0.240. The van der Waals surface area contributed by atoms with Crippen LogP contribution >= 0.6 is 0 Å². The van der Waals surface area contributed by atoms with Gasteiger partial charge in [0.2, 0.25) is 0 Å². The van der Waals surface area contributed by atoms with E-state index in [1.807, 2.05) is 20.9 Å². The van der Waals surface area contributed by atoms with Gasteiger partial charge in [-0.1, -0.05) is 0 Å². The number of nitrogen functional groups attached to an aromatic ring is 1. The van der Waals surface area contributed by atoms with E-state index >= 15 is 0 Å². The van der Waals surface area contributed by atoms with E-state index in [1.54, 1.807) is 9.58 Å². The van der Waals surface area contributed by atoms with Gasteiger partial charge in [-0.25, -0.2) is 4.79 Å². The zero-order valence-corrected chi connectivity index (χ0v) is 11.7. The zero-order chi connectivity index (χ0) is 14.0. The average molecular weight is 267 g/mol. The number of aromatic nitrogens is 2. The van der Waals surface area contributed by atoms with Crippen LogP contribution in [0.3, 0.4) is 0 Å². The molecule has 0 spiro atoms. The number of ether oxygens (including phenoxy) is 1. The molecule has 1 amide bonds. The maximum atomic E-state index is 11.6. The minimum absolute atomic E-state index is 0.240. The van der Waals surface area contributed by atoms with Crippen LogP contribution in [-0.4, -0.2) is 53.6 Å². The van der Waals surface area contributed by atoms with Crippen LogP contribution in [0.4, 0.5) is 16.3 Å². The lowest BCUT2D eigenvalue weighted by Crippen LogP contribution is -2.49. The van der Waals surface area contributed by atoms with E-state index in [4.69, 9.17) is 10.5 Å². The van der Waals surface area contributed by atoms with E-state index in [9.17, 15) is 4.79 Å². The second kappa shape index (κ2) is 5.38. The first-order valence-corrected chi connectivity index (χ1v) is 6.50. The lowest BCUT2D eigenvalue weighted by molar-refractivity contribution is 0.105. The summed E-state index contributed by atoms with van der Waals surface area (Å²) < 4.78 is 6.80. The summed E-state index contributed by atoms with van der Waals surface area (Å²) in [4.78, 5) is 15.5. The predicted molar refractivity (Wildman–Crippen MR) is 73.2 cm³/mol. The number of carbonyl (C=O) groups excluding carboxylic acids is 1. The van der Waals surface area contributed by atoms with Gasteiger partial charge in [-0.2, -0.15) is 5.10 Å². The molecule has 2 heterocycles. The first kappa shape index (κ1) is 13.5. The van der Waals surface area contributed by atoms with Crippen molar-refractivity contribution >= 4 is 17.6 Å². The Morgan fingerprint density at radius 3 is 2.47 bits per heavy atom. The van der Waals surface area contributed by atoms with Crippen molar-refractivity contribution < 1.29 is 9.53 Å². The molecule has 0 aromatic carbocycles. The van der Waals surface area contributed by atoms with E-state index in [-0.39, 0.29) is 6.09 Å². The van der Waals surface area contributed by atoms with Crippen molar-refractivity contribution in [3.63, 3.8) is 0 Å². The first-order valence-electron chi connectivity index (χ1n) is 6.50. The highest BCUT2D eigenvalue weighted by atomic mass is 16.6. The maximum Gasteiger partial charge on any atom is 0.409 e. The summed E-state index contributed by atoms with van der Waals surface area (Å²) >= 11 is 0. The van der Waals surface area contributed by atoms with E-state index in [0.29, 0.717) is 25.4 Å². The zero-order valence-electron chi connectivity index (χ0n) is 11.7. The predicted octanol–water partition coefficient (Wildman–Crippen LogP) is 0.589. The summed E-state index contributed by atoms with van der Waals surface area (Å²) in [7, 11) is 1.89. The summed E-state index contributed by atoms with van der Waals surface area (Å²) in [6.07, 6.45) is -0.240. The topological polar surface area (TPSA) is 76.6 Å². The van der Waals surface area contributed by atoms with Crippen LogP contribution in [-0.2, 0) is 11.8 Å². The number of amides is 1.